The third-order valence-corrected chi connectivity index (χ3v) is 16.9. The number of nitrogens with one attached hydrogen (secondary N) is 5. The van der Waals surface area contributed by atoms with E-state index in [0.29, 0.717) is 121 Å². The van der Waals surface area contributed by atoms with Gasteiger partial charge in [-0.15, -0.1) is 0 Å². The molecule has 14 rings (SSSR count). The van der Waals surface area contributed by atoms with Gasteiger partial charge in [-0.1, -0.05) is 164 Å². The van der Waals surface area contributed by atoms with Gasteiger partial charge in [0.1, 0.15) is 0 Å². The first-order valence-corrected chi connectivity index (χ1v) is 30.1. The highest BCUT2D eigenvalue weighted by Gasteiger charge is 2.27. The van der Waals surface area contributed by atoms with Crippen LogP contribution in [0.5, 0.6) is 0 Å². The highest BCUT2D eigenvalue weighted by molar-refractivity contribution is 6.06. The molecule has 0 aliphatic carbocycles. The van der Waals surface area contributed by atoms with Crippen molar-refractivity contribution in [3.05, 3.63) is 252 Å². The van der Waals surface area contributed by atoms with Crippen molar-refractivity contribution >= 4 is 87.2 Å². The van der Waals surface area contributed by atoms with Crippen molar-refractivity contribution in [3.63, 3.8) is 0 Å². The maximum atomic E-state index is 15.5. The van der Waals surface area contributed by atoms with E-state index in [1.165, 1.54) is 0 Å². The van der Waals surface area contributed by atoms with Gasteiger partial charge < -0.3 is 46.4 Å². The Bertz CT molecular complexity index is 4470. The summed E-state index contributed by atoms with van der Waals surface area (Å²) in [5, 5.41) is 10.2. The van der Waals surface area contributed by atoms with E-state index in [4.69, 9.17) is 15.7 Å². The molecule has 7 N–H and O–H groups in total. The van der Waals surface area contributed by atoms with Crippen LogP contribution in [0.2, 0.25) is 0 Å². The molecule has 7 aromatic carbocycles. The fourth-order valence-corrected chi connectivity index (χ4v) is 12.4. The highest BCUT2D eigenvalue weighted by atomic mass is 16.2. The fourth-order valence-electron chi connectivity index (χ4n) is 12.4. The number of nitrogens with zero attached hydrogens (tertiary/aromatic N) is 6. The number of benzene rings is 7. The first-order valence-electron chi connectivity index (χ1n) is 30.1. The third-order valence-electron chi connectivity index (χ3n) is 16.9. The first-order chi connectivity index (χ1) is 43.7. The number of amides is 6. The Labute approximate surface area is 515 Å². The molecule has 15 nitrogen and oxygen atoms in total. The van der Waals surface area contributed by atoms with Crippen molar-refractivity contribution in [1.82, 2.24) is 39.5 Å². The molecule has 89 heavy (non-hydrogen) atoms. The number of carbonyl (C=O) groups is 3. The quantitative estimate of drug-likeness (QED) is 0.0858. The van der Waals surface area contributed by atoms with Gasteiger partial charge in [0.2, 0.25) is 0 Å². The van der Waals surface area contributed by atoms with E-state index in [1.54, 1.807) is 0 Å². The van der Waals surface area contributed by atoms with Crippen molar-refractivity contribution in [2.75, 3.05) is 61.0 Å². The zero-order chi connectivity index (χ0) is 60.2. The van der Waals surface area contributed by atoms with Crippen LogP contribution in [-0.2, 0) is 19.6 Å². The lowest BCUT2D eigenvalue weighted by atomic mass is 10.0. The fraction of sp³-hybridized carbons (Fsp3) is 0.122. The lowest BCUT2D eigenvalue weighted by molar-refractivity contribution is 0.161. The first kappa shape index (κ1) is 55.6. The summed E-state index contributed by atoms with van der Waals surface area (Å²) in [6.45, 7) is 2.98. The second-order valence-electron chi connectivity index (χ2n) is 22.6. The number of H-pyrrole nitrogens is 2. The average molecular weight is 1170 g/mol. The highest BCUT2D eigenvalue weighted by Crippen LogP contribution is 2.43. The predicted octanol–water partition coefficient (Wildman–Crippen LogP) is 15.3. The molecule has 7 heterocycles. The summed E-state index contributed by atoms with van der Waals surface area (Å²) in [5.41, 5.74) is 23.4. The Balaban J connectivity index is 1.10. The molecule has 12 bridgehead atoms. The third kappa shape index (κ3) is 11.6. The standard InChI is InChI=1S/C74H64N12O3/c75-56-28-14-10-24-52(56)68-60-32-34-62(76-60)69-53-25-11-15-29-57(53)80-72(87)84(46-49-18-4-1-5-19-49)43-40-83-41-44-85(47-50-20-6-2-7-21-50)73(88)81-58-30-16-12-26-54(58)70(63-35-33-61(68)77-63)65-37-39-67(79-65)71(66-38-36-64(69)78-66)55-27-13-17-31-59(55)82-74(89)86(45-42-83)48-51-22-8-3-9-23-51/h1-39,76,79H,40-48,75H2,(H,80,87)(H,81,88)(H,82,89). The van der Waals surface area contributed by atoms with Crippen LogP contribution in [0.25, 0.3) is 90.9 Å². The molecule has 15 heteroatoms. The number of hydrogen-bond donors (Lipinski definition) is 6. The van der Waals surface area contributed by atoms with Crippen LogP contribution in [0.1, 0.15) is 39.5 Å². The monoisotopic (exact) mass is 1170 g/mol. The Morgan fingerprint density at radius 1 is 0.326 bits per heavy atom. The largest absolute Gasteiger partial charge is 0.398 e. The van der Waals surface area contributed by atoms with Gasteiger partial charge in [0.05, 0.1) is 39.8 Å². The van der Waals surface area contributed by atoms with Gasteiger partial charge in [-0.3, -0.25) is 4.90 Å². The number of para-hydroxylation sites is 4. The molecule has 3 aromatic heterocycles. The van der Waals surface area contributed by atoms with Crippen LogP contribution < -0.4 is 21.7 Å². The number of rotatable bonds is 7. The number of aromatic amines is 2. The summed E-state index contributed by atoms with van der Waals surface area (Å²) in [6, 6.07) is 68.5. The Hall–Kier alpha value is -11.3. The number of urea groups is 3. The minimum atomic E-state index is -0.310. The number of nitrogen functional groups attached to an aromatic ring is 1. The Kier molecular flexibility index (Phi) is 15.4. The maximum Gasteiger partial charge on any atom is 0.322 e. The van der Waals surface area contributed by atoms with Crippen molar-refractivity contribution in [2.24, 2.45) is 0 Å². The van der Waals surface area contributed by atoms with Crippen molar-refractivity contribution in [1.29, 1.82) is 0 Å². The molecule has 4 aliphatic heterocycles. The van der Waals surface area contributed by atoms with Crippen LogP contribution in [0, 0.1) is 0 Å². The number of hydrogen-bond acceptors (Lipinski definition) is 7. The van der Waals surface area contributed by atoms with Gasteiger partial charge in [0, 0.05) is 131 Å². The van der Waals surface area contributed by atoms with E-state index in [9.17, 15) is 0 Å². The van der Waals surface area contributed by atoms with Gasteiger partial charge in [-0.2, -0.15) is 0 Å². The minimum Gasteiger partial charge on any atom is -0.398 e. The van der Waals surface area contributed by atoms with Gasteiger partial charge in [-0.05, 0) is 89.5 Å². The summed E-state index contributed by atoms with van der Waals surface area (Å²) in [7, 11) is 0. The van der Waals surface area contributed by atoms with E-state index >= 15 is 14.4 Å². The van der Waals surface area contributed by atoms with E-state index in [1.807, 2.05) is 251 Å². The van der Waals surface area contributed by atoms with Gasteiger partial charge >= 0.3 is 18.1 Å². The molecule has 1 atom stereocenters. The second-order valence-corrected chi connectivity index (χ2v) is 22.6. The molecule has 4 aliphatic rings. The number of carbonyl (C=O) groups excluding carboxylic acids is 3. The van der Waals surface area contributed by atoms with Crippen LogP contribution in [0.4, 0.5) is 37.1 Å². The average Bonchev–Trinajstić information content (AvgIpc) is 1.76. The summed E-state index contributed by atoms with van der Waals surface area (Å²) in [5.74, 6) is 0. The SMILES string of the molecule is Nc1ccccc1-c1c2nc(c3c4ccc([nH]4)c4c5nc(c(c6ccc1[nH]6)-c1ccccc1NC(=O)N(Cc1ccccc1)CCN(CCN(Cc1ccccc1)C(=O)Nc1ccccc1-3)CCN(Cc1ccccc1)C(=O)Nc1ccccc1-4)C=C5)C=C2. The zero-order valence-electron chi connectivity index (χ0n) is 48.9. The smallest absolute Gasteiger partial charge is 0.322 e. The van der Waals surface area contributed by atoms with Crippen molar-refractivity contribution < 1.29 is 14.4 Å². The maximum absolute atomic E-state index is 15.5. The number of nitrogens with two attached hydrogens (primary N) is 1. The zero-order valence-corrected chi connectivity index (χ0v) is 48.9. The molecule has 438 valence electrons. The Morgan fingerprint density at radius 3 is 0.933 bits per heavy atom. The molecule has 0 radical (unpaired) electrons. The lowest BCUT2D eigenvalue weighted by Crippen LogP contribution is -2.47. The molecule has 10 aromatic rings. The molecule has 0 saturated heterocycles. The molecule has 0 spiro atoms. The summed E-state index contributed by atoms with van der Waals surface area (Å²) in [4.78, 5) is 73.1. The summed E-state index contributed by atoms with van der Waals surface area (Å²) >= 11 is 0. The molecule has 6 amide bonds. The van der Waals surface area contributed by atoms with Crippen LogP contribution >= 0.6 is 0 Å². The molecular formula is C74H64N12O3. The van der Waals surface area contributed by atoms with Gasteiger partial charge in [0.15, 0.2) is 0 Å². The number of fused-ring (bicyclic) bond motifs is 15. The van der Waals surface area contributed by atoms with Crippen LogP contribution in [-0.4, -0.2) is 96.9 Å². The van der Waals surface area contributed by atoms with Crippen molar-refractivity contribution in [3.8, 4) is 44.5 Å². The lowest BCUT2D eigenvalue weighted by Gasteiger charge is -2.32. The predicted molar refractivity (Wildman–Crippen MR) is 359 cm³/mol. The summed E-state index contributed by atoms with van der Waals surface area (Å²) < 4.78 is 0. The minimum absolute atomic E-state index is 0.290. The Morgan fingerprint density at radius 2 is 0.607 bits per heavy atom. The topological polar surface area (TPSA) is 184 Å². The van der Waals surface area contributed by atoms with E-state index in [2.05, 4.69) is 30.8 Å². The van der Waals surface area contributed by atoms with Gasteiger partial charge in [-0.25, -0.2) is 24.4 Å². The molecular weight excluding hydrogens is 1100 g/mol. The van der Waals surface area contributed by atoms with E-state index < -0.39 is 0 Å². The summed E-state index contributed by atoms with van der Waals surface area (Å²) in [6.07, 6.45) is 8.05. The van der Waals surface area contributed by atoms with Gasteiger partial charge in [0.25, 0.3) is 0 Å². The number of anilines is 4. The van der Waals surface area contributed by atoms with Crippen molar-refractivity contribution in [2.45, 2.75) is 19.6 Å². The normalized spacial score (nSPS) is 15.2. The number of aromatic nitrogens is 4. The van der Waals surface area contributed by atoms with E-state index in [-0.39, 0.29) is 18.1 Å². The molecule has 0 saturated carbocycles. The van der Waals surface area contributed by atoms with Crippen LogP contribution in [0.15, 0.2) is 212 Å². The van der Waals surface area contributed by atoms with Crippen LogP contribution in [0.3, 0.4) is 0 Å². The second kappa shape index (κ2) is 24.6. The molecule has 0 fully saturated rings. The van der Waals surface area contributed by atoms with E-state index in [0.717, 1.165) is 66.7 Å². The molecule has 1 unspecified atom stereocenters.